The van der Waals surface area contributed by atoms with Crippen molar-refractivity contribution in [3.63, 3.8) is 0 Å². The first kappa shape index (κ1) is 96.9. The highest BCUT2D eigenvalue weighted by molar-refractivity contribution is 5.95. The summed E-state index contributed by atoms with van der Waals surface area (Å²) < 4.78 is 31.7. The van der Waals surface area contributed by atoms with Gasteiger partial charge in [-0.15, -0.1) is 0 Å². The number of aliphatic imine (C=N–C) groups is 2. The Hall–Kier alpha value is -12.7. The fourth-order valence-corrected chi connectivity index (χ4v) is 12.0. The maximum atomic E-state index is 14.0. The van der Waals surface area contributed by atoms with E-state index in [0.29, 0.717) is 130 Å². The van der Waals surface area contributed by atoms with Gasteiger partial charge in [-0.2, -0.15) is 23.2 Å². The molecule has 2 atom stereocenters. The van der Waals surface area contributed by atoms with Crippen LogP contribution in [0.3, 0.4) is 0 Å². The molecular weight excluding hydrogens is 1540 g/mol. The van der Waals surface area contributed by atoms with E-state index in [2.05, 4.69) is 73.8 Å². The van der Waals surface area contributed by atoms with Gasteiger partial charge >= 0.3 is 24.2 Å². The third kappa shape index (κ3) is 41.7. The molecule has 6 rings (SSSR count). The van der Waals surface area contributed by atoms with Crippen LogP contribution in [0.25, 0.3) is 0 Å². The van der Waals surface area contributed by atoms with Gasteiger partial charge in [0.25, 0.3) is 0 Å². The van der Waals surface area contributed by atoms with Crippen LogP contribution in [0.15, 0.2) is 180 Å². The van der Waals surface area contributed by atoms with Crippen LogP contribution < -0.4 is 81.0 Å². The molecule has 0 spiro atoms. The molecular formula is C84H113F3N18O14. The van der Waals surface area contributed by atoms with E-state index in [9.17, 15) is 71.3 Å². The van der Waals surface area contributed by atoms with E-state index in [0.717, 1.165) is 33.4 Å². The Kier molecular flexibility index (Phi) is 45.5. The van der Waals surface area contributed by atoms with Gasteiger partial charge in [-0.05, 0) is 135 Å². The number of carboxylic acids is 1. The number of carbonyl (C=O) groups is 11. The van der Waals surface area contributed by atoms with Crippen molar-refractivity contribution in [3.05, 3.63) is 203 Å². The van der Waals surface area contributed by atoms with Crippen LogP contribution in [0.4, 0.5) is 22.8 Å². The number of aromatic hydroxyl groups is 2. The van der Waals surface area contributed by atoms with Crippen molar-refractivity contribution in [3.8, 4) is 11.5 Å². The molecule has 0 aliphatic carbocycles. The molecule has 0 bridgehead atoms. The van der Waals surface area contributed by atoms with Crippen molar-refractivity contribution in [2.24, 2.45) is 27.2 Å². The summed E-state index contributed by atoms with van der Waals surface area (Å²) in [5.41, 5.74) is 22.5. The predicted molar refractivity (Wildman–Crippen MR) is 444 cm³/mol. The number of carbonyl (C=O) groups excluding carboxylic acids is 10. The Morgan fingerprint density at radius 3 is 0.941 bits per heavy atom. The number of phenolic OH excluding ortho intramolecular Hbond substituents is 2. The number of guanidine groups is 2. The van der Waals surface area contributed by atoms with Crippen LogP contribution in [0.5, 0.6) is 11.5 Å². The van der Waals surface area contributed by atoms with Crippen molar-refractivity contribution in [1.82, 2.24) is 68.7 Å². The lowest BCUT2D eigenvalue weighted by atomic mass is 9.90. The van der Waals surface area contributed by atoms with Crippen LogP contribution in [-0.2, 0) is 56.2 Å². The highest BCUT2D eigenvalue weighted by atomic mass is 19.4. The normalized spacial score (nSPS) is 11.8. The molecule has 35 heteroatoms. The summed E-state index contributed by atoms with van der Waals surface area (Å²) in [5.74, 6) is -6.18. The number of alkyl halides is 3. The standard InChI is InChI=1S/C82H112N18O12.C2HF3O2/c83-45-54-100(55-52-88-71(105)35-15-13-33-69(103)86-46-17-19-48-92-81(111)98-79(84)90-50-21-31-67(75(107)94-57-59-37-41-65(101)42-38-59)96-77(109)73(61-23-5-1-6-24-61)62-25-7-2-8-26-62)56-53-89-72(106)36-16-14-34-70(104)87-47-18-20-49-93-82(112)99-80(85)91-51-22-32-68(76(108)95-58-60-39-43-66(102)44-40-60)97-78(110)74(63-27-9-3-10-28-63)64-29-11-4-12-30-64;3-2(4,5)1(6)7/h1-12,23-30,37-44,67-68,73-74,101-102H,13-22,31-36,45-58,83H2,(H,86,103)(H,87,104)(H,88,105)(H,89,106)(H,94,107)(H,95,108)(H,96,109)(H,97,110)(H4,84,90,92,98,111)(H4,85,91,93,99,112);(H,6,7)/t67-,68-;/m1./s1. The van der Waals surface area contributed by atoms with Crippen molar-refractivity contribution in [1.29, 1.82) is 0 Å². The molecule has 6 aromatic carbocycles. The number of phenols is 2. The number of nitrogens with zero attached hydrogens (tertiary/aromatic N) is 3. The molecule has 6 aromatic rings. The van der Waals surface area contributed by atoms with Gasteiger partial charge in [-0.3, -0.25) is 43.3 Å². The quantitative estimate of drug-likeness (QED) is 0.0127. The molecule has 0 heterocycles. The van der Waals surface area contributed by atoms with Crippen LogP contribution in [0, 0.1) is 0 Å². The molecule has 0 aliphatic heterocycles. The number of hydrogen-bond donors (Lipinski definition) is 18. The maximum Gasteiger partial charge on any atom is 0.490 e. The largest absolute Gasteiger partial charge is 0.508 e. The summed E-state index contributed by atoms with van der Waals surface area (Å²) in [5, 5.41) is 60.9. The summed E-state index contributed by atoms with van der Waals surface area (Å²) >= 11 is 0. The number of nitrogens with two attached hydrogens (primary N) is 3. The Morgan fingerprint density at radius 1 is 0.361 bits per heavy atom. The molecule has 0 fully saturated rings. The second kappa shape index (κ2) is 55.8. The van der Waals surface area contributed by atoms with E-state index in [1.165, 1.54) is 24.3 Å². The fourth-order valence-electron chi connectivity index (χ4n) is 12.0. The minimum atomic E-state index is -5.08. The van der Waals surface area contributed by atoms with E-state index in [4.69, 9.17) is 27.1 Å². The third-order valence-corrected chi connectivity index (χ3v) is 18.2. The van der Waals surface area contributed by atoms with Gasteiger partial charge in [0.15, 0.2) is 11.9 Å². The molecule has 119 heavy (non-hydrogen) atoms. The van der Waals surface area contributed by atoms with Gasteiger partial charge in [-0.25, -0.2) is 14.4 Å². The Balaban J connectivity index is 0.00000344. The van der Waals surface area contributed by atoms with Gasteiger partial charge in [0.2, 0.25) is 47.3 Å². The number of carboxylic acid groups (broad SMARTS) is 1. The number of benzene rings is 6. The second-order valence-electron chi connectivity index (χ2n) is 27.7. The number of hydrogen-bond acceptors (Lipinski definition) is 15. The maximum absolute atomic E-state index is 14.0. The zero-order valence-corrected chi connectivity index (χ0v) is 66.7. The lowest BCUT2D eigenvalue weighted by Gasteiger charge is -2.23. The molecule has 0 radical (unpaired) electrons. The molecule has 0 aromatic heterocycles. The molecule has 32 nitrogen and oxygen atoms in total. The van der Waals surface area contributed by atoms with Gasteiger partial charge in [0, 0.05) is 117 Å². The summed E-state index contributed by atoms with van der Waals surface area (Å²) in [4.78, 5) is 149. The van der Waals surface area contributed by atoms with E-state index in [-0.39, 0.29) is 124 Å². The molecule has 12 amide bonds. The van der Waals surface area contributed by atoms with E-state index < -0.39 is 59.9 Å². The average Bonchev–Trinajstić information content (AvgIpc) is 0.827. The lowest BCUT2D eigenvalue weighted by molar-refractivity contribution is -0.192. The van der Waals surface area contributed by atoms with Gasteiger partial charge in [0.1, 0.15) is 23.6 Å². The Morgan fingerprint density at radius 2 is 0.647 bits per heavy atom. The van der Waals surface area contributed by atoms with Crippen LogP contribution in [0.2, 0.25) is 0 Å². The lowest BCUT2D eigenvalue weighted by Crippen LogP contribution is -2.48. The van der Waals surface area contributed by atoms with Crippen molar-refractivity contribution >= 4 is 77.2 Å². The molecule has 0 saturated carbocycles. The molecule has 0 unspecified atom stereocenters. The third-order valence-electron chi connectivity index (χ3n) is 18.2. The molecule has 21 N–H and O–H groups in total. The summed E-state index contributed by atoms with van der Waals surface area (Å²) in [6, 6.07) is 47.0. The highest BCUT2D eigenvalue weighted by Crippen LogP contribution is 2.27. The Labute approximate surface area is 690 Å². The number of aliphatic carboxylic acids is 1. The van der Waals surface area contributed by atoms with Crippen molar-refractivity contribution < 1.29 is 81.2 Å². The highest BCUT2D eigenvalue weighted by Gasteiger charge is 2.38. The topological polar surface area (TPSA) is 499 Å². The minimum absolute atomic E-state index is 0.0990. The van der Waals surface area contributed by atoms with Gasteiger partial charge < -0.3 is 96.3 Å². The smallest absolute Gasteiger partial charge is 0.490 e. The van der Waals surface area contributed by atoms with Crippen molar-refractivity contribution in [2.75, 3.05) is 78.5 Å². The van der Waals surface area contributed by atoms with Crippen LogP contribution in [0.1, 0.15) is 148 Å². The van der Waals surface area contributed by atoms with Crippen LogP contribution >= 0.6 is 0 Å². The molecule has 644 valence electrons. The monoisotopic (exact) mass is 1650 g/mol. The number of amides is 12. The first-order valence-corrected chi connectivity index (χ1v) is 39.7. The SMILES string of the molecule is NCCN(CCNC(=O)CCCCC(=O)NCCCCNC(=O)N=C(N)NCCC[C@@H](NC(=O)C(c1ccccc1)c1ccccc1)C(=O)NCc1ccc(O)cc1)CCNC(=O)CCCCC(=O)NCCCCNC(=O)N=C(N)NCCC[C@@H](NC(=O)C(c1ccccc1)c1ccccc1)C(=O)NCc1ccc(O)cc1.O=C(O)C(F)(F)F. The summed E-state index contributed by atoms with van der Waals surface area (Å²) in [6.45, 7) is 5.01. The van der Waals surface area contributed by atoms with E-state index in [1.54, 1.807) is 24.3 Å². The first-order valence-electron chi connectivity index (χ1n) is 39.7. The van der Waals surface area contributed by atoms with E-state index in [1.807, 2.05) is 126 Å². The zero-order valence-electron chi connectivity index (χ0n) is 66.7. The first-order chi connectivity index (χ1) is 57.3. The predicted octanol–water partition coefficient (Wildman–Crippen LogP) is 5.49. The van der Waals surface area contributed by atoms with Gasteiger partial charge in [0.05, 0.1) is 11.8 Å². The Bertz CT molecular complexity index is 3810. The summed E-state index contributed by atoms with van der Waals surface area (Å²) in [7, 11) is 0. The molecule has 0 aliphatic rings. The minimum Gasteiger partial charge on any atom is -0.508 e. The molecule has 0 saturated heterocycles. The van der Waals surface area contributed by atoms with Gasteiger partial charge in [-0.1, -0.05) is 146 Å². The van der Waals surface area contributed by atoms with E-state index >= 15 is 0 Å². The summed E-state index contributed by atoms with van der Waals surface area (Å²) in [6.07, 6.45) is 1.58. The zero-order chi connectivity index (χ0) is 86.4. The number of halogens is 3. The van der Waals surface area contributed by atoms with Crippen LogP contribution in [-0.4, -0.2) is 194 Å². The average molecular weight is 1660 g/mol. The number of nitrogens with one attached hydrogen (secondary N) is 12. The number of rotatable bonds is 50. The fraction of sp³-hybridized carbons (Fsp3) is 0.417. The second-order valence-corrected chi connectivity index (χ2v) is 27.7. The number of unbranched alkanes of at least 4 members (excludes halogenated alkanes) is 4. The number of urea groups is 2. The van der Waals surface area contributed by atoms with Crippen molar-refractivity contribution in [2.45, 2.75) is 146 Å².